The molecule has 1 aromatic rings. The van der Waals surface area contributed by atoms with Gasteiger partial charge < -0.3 is 5.73 Å². The Labute approximate surface area is 101 Å². The van der Waals surface area contributed by atoms with Crippen LogP contribution in [0.15, 0.2) is 18.2 Å². The lowest BCUT2D eigenvalue weighted by Crippen LogP contribution is -2.26. The van der Waals surface area contributed by atoms with Crippen molar-refractivity contribution >= 4 is 24.0 Å². The second-order valence-corrected chi connectivity index (χ2v) is 4.92. The molecule has 0 bridgehead atoms. The molecule has 0 aliphatic rings. The third kappa shape index (κ3) is 3.63. The first-order chi connectivity index (χ1) is 6.32. The van der Waals surface area contributed by atoms with Crippen molar-refractivity contribution < 1.29 is 4.39 Å². The molecular formula is C11H16Cl2FN. The fourth-order valence-corrected chi connectivity index (χ4v) is 1.32. The van der Waals surface area contributed by atoms with E-state index in [9.17, 15) is 4.39 Å². The Morgan fingerprint density at radius 3 is 2.27 bits per heavy atom. The van der Waals surface area contributed by atoms with Gasteiger partial charge in [0.05, 0.1) is 5.02 Å². The summed E-state index contributed by atoms with van der Waals surface area (Å²) in [4.78, 5) is 0. The molecule has 2 N–H and O–H groups in total. The lowest BCUT2D eigenvalue weighted by molar-refractivity contribution is 0.326. The van der Waals surface area contributed by atoms with E-state index in [1.54, 1.807) is 6.07 Å². The first-order valence-electron chi connectivity index (χ1n) is 4.53. The van der Waals surface area contributed by atoms with Crippen LogP contribution in [0.4, 0.5) is 4.39 Å². The number of halogens is 3. The second kappa shape index (κ2) is 5.15. The van der Waals surface area contributed by atoms with Crippen molar-refractivity contribution in [1.29, 1.82) is 0 Å². The zero-order valence-corrected chi connectivity index (χ0v) is 10.6. The lowest BCUT2D eigenvalue weighted by Gasteiger charge is -2.27. The molecular weight excluding hydrogens is 236 g/mol. The standard InChI is InChI=1S/C11H15ClFN.ClH/c1-11(2,3)10(14)7-4-5-8(12)9(13)6-7;/h4-6,10H,14H2,1-3H3;1H/t10-;/m1./s1. The topological polar surface area (TPSA) is 26.0 Å². The van der Waals surface area contributed by atoms with E-state index in [1.165, 1.54) is 12.1 Å². The van der Waals surface area contributed by atoms with Crippen molar-refractivity contribution in [3.63, 3.8) is 0 Å². The van der Waals surface area contributed by atoms with Gasteiger partial charge in [-0.2, -0.15) is 0 Å². The first kappa shape index (κ1) is 14.7. The van der Waals surface area contributed by atoms with Crippen molar-refractivity contribution in [3.05, 3.63) is 34.6 Å². The number of hydrogen-bond acceptors (Lipinski definition) is 1. The maximum absolute atomic E-state index is 13.1. The molecule has 0 amide bonds. The van der Waals surface area contributed by atoms with E-state index in [0.717, 1.165) is 5.56 Å². The smallest absolute Gasteiger partial charge is 0.142 e. The second-order valence-electron chi connectivity index (χ2n) is 4.52. The molecule has 0 aliphatic heterocycles. The monoisotopic (exact) mass is 251 g/mol. The normalized spacial score (nSPS) is 13.2. The van der Waals surface area contributed by atoms with Gasteiger partial charge in [-0.25, -0.2) is 4.39 Å². The van der Waals surface area contributed by atoms with Gasteiger partial charge in [0.1, 0.15) is 5.82 Å². The number of rotatable bonds is 1. The van der Waals surface area contributed by atoms with E-state index in [2.05, 4.69) is 0 Å². The molecule has 1 nitrogen and oxygen atoms in total. The van der Waals surface area contributed by atoms with Gasteiger partial charge in [-0.05, 0) is 23.1 Å². The summed E-state index contributed by atoms with van der Waals surface area (Å²) in [5.41, 5.74) is 6.68. The van der Waals surface area contributed by atoms with Crippen molar-refractivity contribution in [1.82, 2.24) is 0 Å². The minimum absolute atomic E-state index is 0. The summed E-state index contributed by atoms with van der Waals surface area (Å²) in [5, 5.41) is 0.134. The summed E-state index contributed by atoms with van der Waals surface area (Å²) >= 11 is 5.58. The largest absolute Gasteiger partial charge is 0.324 e. The average Bonchev–Trinajstić information content (AvgIpc) is 2.07. The highest BCUT2D eigenvalue weighted by Gasteiger charge is 2.22. The van der Waals surface area contributed by atoms with Crippen molar-refractivity contribution in [3.8, 4) is 0 Å². The van der Waals surface area contributed by atoms with Crippen LogP contribution in [-0.2, 0) is 0 Å². The molecule has 0 aromatic heterocycles. The van der Waals surface area contributed by atoms with Crippen LogP contribution in [0.1, 0.15) is 32.4 Å². The quantitative estimate of drug-likeness (QED) is 0.804. The molecule has 1 atom stereocenters. The van der Waals surface area contributed by atoms with Crippen molar-refractivity contribution in [2.45, 2.75) is 26.8 Å². The van der Waals surface area contributed by atoms with Crippen LogP contribution >= 0.6 is 24.0 Å². The van der Waals surface area contributed by atoms with Gasteiger partial charge in [-0.1, -0.05) is 38.4 Å². The van der Waals surface area contributed by atoms with Crippen LogP contribution in [0.3, 0.4) is 0 Å². The molecule has 15 heavy (non-hydrogen) atoms. The van der Waals surface area contributed by atoms with Gasteiger partial charge in [-0.3, -0.25) is 0 Å². The van der Waals surface area contributed by atoms with Crippen LogP contribution in [-0.4, -0.2) is 0 Å². The summed E-state index contributed by atoms with van der Waals surface area (Å²) in [7, 11) is 0. The molecule has 1 rings (SSSR count). The number of hydrogen-bond donors (Lipinski definition) is 1. The number of benzene rings is 1. The molecule has 0 saturated heterocycles. The molecule has 0 radical (unpaired) electrons. The Balaban J connectivity index is 0.00000196. The SMILES string of the molecule is CC(C)(C)[C@H](N)c1ccc(Cl)c(F)c1.Cl. The fourth-order valence-electron chi connectivity index (χ4n) is 1.21. The number of nitrogens with two attached hydrogens (primary N) is 1. The van der Waals surface area contributed by atoms with E-state index in [-0.39, 0.29) is 28.9 Å². The van der Waals surface area contributed by atoms with Crippen LogP contribution in [0, 0.1) is 11.2 Å². The molecule has 1 aromatic carbocycles. The van der Waals surface area contributed by atoms with E-state index in [0.29, 0.717) is 0 Å². The molecule has 0 heterocycles. The van der Waals surface area contributed by atoms with Gasteiger partial charge in [0, 0.05) is 6.04 Å². The molecule has 0 fully saturated rings. The fraction of sp³-hybridized carbons (Fsp3) is 0.455. The maximum atomic E-state index is 13.1. The predicted octanol–water partition coefficient (Wildman–Crippen LogP) is 3.95. The minimum atomic E-state index is -0.413. The molecule has 4 heteroatoms. The van der Waals surface area contributed by atoms with Crippen molar-refractivity contribution in [2.75, 3.05) is 0 Å². The van der Waals surface area contributed by atoms with Gasteiger partial charge in [-0.15, -0.1) is 12.4 Å². The third-order valence-corrected chi connectivity index (χ3v) is 2.54. The zero-order chi connectivity index (χ0) is 10.9. The Hall–Kier alpha value is -0.310. The maximum Gasteiger partial charge on any atom is 0.142 e. The summed E-state index contributed by atoms with van der Waals surface area (Å²) < 4.78 is 13.1. The van der Waals surface area contributed by atoms with Crippen LogP contribution in [0.2, 0.25) is 5.02 Å². The average molecular weight is 252 g/mol. The molecule has 0 aliphatic carbocycles. The van der Waals surface area contributed by atoms with Crippen molar-refractivity contribution in [2.24, 2.45) is 11.1 Å². The summed E-state index contributed by atoms with van der Waals surface area (Å²) in [5.74, 6) is -0.413. The van der Waals surface area contributed by atoms with E-state index >= 15 is 0 Å². The summed E-state index contributed by atoms with van der Waals surface area (Å²) in [6, 6.07) is 4.52. The zero-order valence-electron chi connectivity index (χ0n) is 9.05. The van der Waals surface area contributed by atoms with Gasteiger partial charge >= 0.3 is 0 Å². The Morgan fingerprint density at radius 2 is 1.87 bits per heavy atom. The van der Waals surface area contributed by atoms with E-state index in [1.807, 2.05) is 20.8 Å². The highest BCUT2D eigenvalue weighted by Crippen LogP contribution is 2.31. The molecule has 86 valence electrons. The molecule has 0 saturated carbocycles. The Morgan fingerprint density at radius 1 is 1.33 bits per heavy atom. The van der Waals surface area contributed by atoms with Crippen LogP contribution in [0.25, 0.3) is 0 Å². The minimum Gasteiger partial charge on any atom is -0.324 e. The Bertz CT molecular complexity index is 334. The predicted molar refractivity (Wildman–Crippen MR) is 65.0 cm³/mol. The first-order valence-corrected chi connectivity index (χ1v) is 4.90. The van der Waals surface area contributed by atoms with E-state index in [4.69, 9.17) is 17.3 Å². The van der Waals surface area contributed by atoms with Crippen LogP contribution < -0.4 is 5.73 Å². The summed E-state index contributed by atoms with van der Waals surface area (Å²) in [6.45, 7) is 6.05. The lowest BCUT2D eigenvalue weighted by atomic mass is 9.83. The van der Waals surface area contributed by atoms with E-state index < -0.39 is 5.82 Å². The highest BCUT2D eigenvalue weighted by atomic mass is 35.5. The molecule has 0 unspecified atom stereocenters. The van der Waals surface area contributed by atoms with Crippen LogP contribution in [0.5, 0.6) is 0 Å². The Kier molecular flexibility index (Phi) is 5.04. The van der Waals surface area contributed by atoms with Gasteiger partial charge in [0.15, 0.2) is 0 Å². The molecule has 0 spiro atoms. The van der Waals surface area contributed by atoms with Gasteiger partial charge in [0.25, 0.3) is 0 Å². The van der Waals surface area contributed by atoms with Gasteiger partial charge in [0.2, 0.25) is 0 Å². The third-order valence-electron chi connectivity index (χ3n) is 2.24. The highest BCUT2D eigenvalue weighted by molar-refractivity contribution is 6.30. The summed E-state index contributed by atoms with van der Waals surface area (Å²) in [6.07, 6.45) is 0.